The number of carboxylic acid groups (broad SMARTS) is 1. The quantitative estimate of drug-likeness (QED) is 0.117. The summed E-state index contributed by atoms with van der Waals surface area (Å²) in [6.07, 6.45) is 2.46. The Hall–Kier alpha value is -6.38. The molecule has 308 valence electrons. The molecule has 12 heteroatoms. The molecule has 0 aliphatic carbocycles. The molecular weight excluding hydrogens is 811 g/mol. The fourth-order valence-corrected chi connectivity index (χ4v) is 8.31. The molecule has 8 rings (SSSR count). The minimum absolute atomic E-state index is 0.0977. The fourth-order valence-electron chi connectivity index (χ4n) is 7.99. The van der Waals surface area contributed by atoms with Crippen LogP contribution in [0, 0.1) is 11.3 Å². The predicted molar refractivity (Wildman–Crippen MR) is 233 cm³/mol. The molecule has 6 aromatic rings. The van der Waals surface area contributed by atoms with Crippen molar-refractivity contribution in [3.05, 3.63) is 177 Å². The normalized spacial score (nSPS) is 16.7. The van der Waals surface area contributed by atoms with Gasteiger partial charge in [-0.1, -0.05) is 103 Å². The van der Waals surface area contributed by atoms with E-state index < -0.39 is 18.1 Å². The molecule has 4 atom stereocenters. The lowest BCUT2D eigenvalue weighted by Gasteiger charge is -2.42. The van der Waals surface area contributed by atoms with Crippen LogP contribution in [-0.4, -0.2) is 45.6 Å². The number of amides is 1. The lowest BCUT2D eigenvalue weighted by atomic mass is 9.89. The number of aliphatic carboxylic acids is 1. The maximum Gasteiger partial charge on any atom is 0.326 e. The van der Waals surface area contributed by atoms with Crippen LogP contribution in [0.15, 0.2) is 128 Å². The second-order valence-corrected chi connectivity index (χ2v) is 16.0. The van der Waals surface area contributed by atoms with E-state index in [0.29, 0.717) is 59.2 Å². The molecule has 2 aliphatic rings. The number of hydrogen-bond acceptors (Lipinski definition) is 8. The number of carbonyl (C=O) groups excluding carboxylic acids is 1. The van der Waals surface area contributed by atoms with Crippen molar-refractivity contribution in [1.29, 1.82) is 5.26 Å². The highest BCUT2D eigenvalue weighted by Gasteiger charge is 2.39. The van der Waals surface area contributed by atoms with Crippen LogP contribution in [0.2, 0.25) is 10.0 Å². The number of halogens is 2. The molecule has 0 radical (unpaired) electrons. The van der Waals surface area contributed by atoms with E-state index in [1.807, 2.05) is 97.1 Å². The summed E-state index contributed by atoms with van der Waals surface area (Å²) >= 11 is 12.2. The van der Waals surface area contributed by atoms with Gasteiger partial charge in [-0.25, -0.2) is 9.78 Å². The van der Waals surface area contributed by atoms with Gasteiger partial charge in [0.15, 0.2) is 17.6 Å². The van der Waals surface area contributed by atoms with Crippen LogP contribution in [0.3, 0.4) is 0 Å². The third kappa shape index (κ3) is 9.50. The van der Waals surface area contributed by atoms with Crippen molar-refractivity contribution in [2.45, 2.75) is 63.6 Å². The molecule has 1 aromatic heterocycles. The number of fused-ring (bicyclic) bond motifs is 2. The minimum Gasteiger partial charge on any atom is -0.489 e. The van der Waals surface area contributed by atoms with E-state index in [1.54, 1.807) is 24.4 Å². The van der Waals surface area contributed by atoms with Crippen LogP contribution >= 0.6 is 23.2 Å². The van der Waals surface area contributed by atoms with Crippen molar-refractivity contribution in [2.75, 3.05) is 6.61 Å². The van der Waals surface area contributed by atoms with E-state index >= 15 is 0 Å². The largest absolute Gasteiger partial charge is 0.489 e. The van der Waals surface area contributed by atoms with E-state index in [-0.39, 0.29) is 24.5 Å². The second-order valence-electron chi connectivity index (χ2n) is 15.2. The molecule has 3 heterocycles. The molecule has 0 saturated carbocycles. The first kappa shape index (κ1) is 41.4. The highest BCUT2D eigenvalue weighted by Crippen LogP contribution is 2.42. The number of carbonyl (C=O) groups is 2. The Morgan fingerprint density at radius 3 is 2.33 bits per heavy atom. The SMILES string of the molecule is CC[C@@H](c1ccccc1)N1Cc2cc3c(cc2C[C@H]1C(=O)NC(Cc1ccc(-c2ccc(C#N)nc2)cc1)C(=O)O)OC[C@H](c1ccc(OCc2ccc(Cl)c(Cl)c2)cc1)O3. The van der Waals surface area contributed by atoms with Gasteiger partial charge in [-0.2, -0.15) is 5.26 Å². The number of rotatable bonds is 13. The first-order chi connectivity index (χ1) is 29.6. The van der Waals surface area contributed by atoms with Crippen LogP contribution < -0.4 is 19.5 Å². The average molecular weight is 854 g/mol. The Morgan fingerprint density at radius 1 is 0.902 bits per heavy atom. The molecule has 1 amide bonds. The number of aromatic nitrogens is 1. The van der Waals surface area contributed by atoms with E-state index in [9.17, 15) is 14.7 Å². The van der Waals surface area contributed by atoms with Gasteiger partial charge >= 0.3 is 5.97 Å². The molecule has 0 bridgehead atoms. The molecule has 0 saturated heterocycles. The van der Waals surface area contributed by atoms with Gasteiger partial charge in [-0.15, -0.1) is 0 Å². The summed E-state index contributed by atoms with van der Waals surface area (Å²) in [5.41, 5.74) is 7.67. The lowest BCUT2D eigenvalue weighted by Crippen LogP contribution is -2.55. The highest BCUT2D eigenvalue weighted by atomic mass is 35.5. The second kappa shape index (κ2) is 18.5. The fraction of sp³-hybridized carbons (Fsp3) is 0.224. The molecule has 2 aliphatic heterocycles. The summed E-state index contributed by atoms with van der Waals surface area (Å²) in [6.45, 7) is 3.17. The van der Waals surface area contributed by atoms with E-state index in [4.69, 9.17) is 42.7 Å². The summed E-state index contributed by atoms with van der Waals surface area (Å²) in [4.78, 5) is 33.4. The van der Waals surface area contributed by atoms with Crippen molar-refractivity contribution < 1.29 is 28.9 Å². The van der Waals surface area contributed by atoms with Gasteiger partial charge in [-0.3, -0.25) is 9.69 Å². The molecule has 2 N–H and O–H groups in total. The summed E-state index contributed by atoms with van der Waals surface area (Å²) in [7, 11) is 0. The number of nitriles is 1. The number of nitrogens with one attached hydrogen (secondary N) is 1. The zero-order chi connectivity index (χ0) is 42.5. The number of ether oxygens (including phenoxy) is 3. The van der Waals surface area contributed by atoms with Crippen LogP contribution in [0.4, 0.5) is 0 Å². The Balaban J connectivity index is 0.987. The number of hydrogen-bond donors (Lipinski definition) is 2. The van der Waals surface area contributed by atoms with Crippen molar-refractivity contribution in [3.8, 4) is 34.4 Å². The third-order valence-electron chi connectivity index (χ3n) is 11.2. The van der Waals surface area contributed by atoms with E-state index in [1.165, 1.54) is 0 Å². The Morgan fingerprint density at radius 2 is 1.64 bits per heavy atom. The smallest absolute Gasteiger partial charge is 0.326 e. The Kier molecular flexibility index (Phi) is 12.5. The van der Waals surface area contributed by atoms with Gasteiger partial charge in [0.05, 0.1) is 16.1 Å². The van der Waals surface area contributed by atoms with Crippen LogP contribution in [0.1, 0.15) is 64.6 Å². The Bertz CT molecular complexity index is 2570. The number of pyridine rings is 1. The summed E-state index contributed by atoms with van der Waals surface area (Å²) in [6, 6.07) is 38.2. The van der Waals surface area contributed by atoms with Crippen molar-refractivity contribution >= 4 is 35.1 Å². The zero-order valence-corrected chi connectivity index (χ0v) is 34.8. The van der Waals surface area contributed by atoms with Gasteiger partial charge in [0.25, 0.3) is 0 Å². The summed E-state index contributed by atoms with van der Waals surface area (Å²) in [5, 5.41) is 23.3. The van der Waals surface area contributed by atoms with Crippen LogP contribution in [0.5, 0.6) is 17.2 Å². The highest BCUT2D eigenvalue weighted by molar-refractivity contribution is 6.42. The van der Waals surface area contributed by atoms with Gasteiger partial charge in [0.1, 0.15) is 36.8 Å². The average Bonchev–Trinajstić information content (AvgIpc) is 3.29. The molecule has 0 spiro atoms. The van der Waals surface area contributed by atoms with E-state index in [2.05, 4.69) is 34.3 Å². The molecular formula is C49H42Cl2N4O6. The van der Waals surface area contributed by atoms with Crippen molar-refractivity contribution in [1.82, 2.24) is 15.2 Å². The molecule has 0 fully saturated rings. The van der Waals surface area contributed by atoms with Crippen molar-refractivity contribution in [2.24, 2.45) is 0 Å². The monoisotopic (exact) mass is 852 g/mol. The van der Waals surface area contributed by atoms with Gasteiger partial charge in [0, 0.05) is 30.8 Å². The predicted octanol–water partition coefficient (Wildman–Crippen LogP) is 9.71. The van der Waals surface area contributed by atoms with Gasteiger partial charge in [0.2, 0.25) is 5.91 Å². The van der Waals surface area contributed by atoms with Gasteiger partial charge in [-0.05, 0) is 100 Å². The standard InChI is InChI=1S/C49H42Cl2N4O6/c1-2-43(33-6-4-3-5-7-33)55-27-37-24-46-45(60-29-47(61-46)34-14-17-39(18-15-34)59-28-31-10-19-40(50)41(51)20-31)23-36(37)22-44(55)48(56)54-42(49(57)58)21-30-8-11-32(12-9-30)35-13-16-38(25-52)53-26-35/h3-20,23-24,26,42-44,47H,2,21-22,27-29H2,1H3,(H,54,56)(H,57,58)/t42?,43-,44-,47+/m0/s1. The lowest BCUT2D eigenvalue weighted by molar-refractivity contribution is -0.143. The van der Waals surface area contributed by atoms with Gasteiger partial charge < -0.3 is 24.6 Å². The van der Waals surface area contributed by atoms with Crippen LogP contribution in [0.25, 0.3) is 11.1 Å². The number of nitrogens with zero attached hydrogens (tertiary/aromatic N) is 3. The first-order valence-corrected chi connectivity index (χ1v) is 20.8. The molecule has 10 nitrogen and oxygen atoms in total. The summed E-state index contributed by atoms with van der Waals surface area (Å²) in [5.74, 6) is 0.449. The number of benzene rings is 5. The zero-order valence-electron chi connectivity index (χ0n) is 33.3. The van der Waals surface area contributed by atoms with Crippen molar-refractivity contribution in [3.63, 3.8) is 0 Å². The maximum atomic E-state index is 14.4. The Labute approximate surface area is 364 Å². The third-order valence-corrected chi connectivity index (χ3v) is 12.0. The molecule has 1 unspecified atom stereocenters. The summed E-state index contributed by atoms with van der Waals surface area (Å²) < 4.78 is 18.8. The topological polar surface area (TPSA) is 134 Å². The van der Waals surface area contributed by atoms with E-state index in [0.717, 1.165) is 50.9 Å². The molecule has 5 aromatic carbocycles. The number of carboxylic acids is 1. The first-order valence-electron chi connectivity index (χ1n) is 20.1. The van der Waals surface area contributed by atoms with Crippen LogP contribution in [-0.2, 0) is 35.6 Å². The molecule has 61 heavy (non-hydrogen) atoms. The maximum absolute atomic E-state index is 14.4. The minimum atomic E-state index is -1.16.